The number of rotatable bonds is 2. The highest BCUT2D eigenvalue weighted by atomic mass is 16.6. The molecule has 2 N–H and O–H groups in total. The molecule has 0 radical (unpaired) electrons. The molecule has 1 saturated heterocycles. The molecular weight excluding hydrogens is 282 g/mol. The van der Waals surface area contributed by atoms with E-state index >= 15 is 0 Å². The first-order chi connectivity index (χ1) is 10.3. The second-order valence-corrected chi connectivity index (χ2v) is 6.40. The highest BCUT2D eigenvalue weighted by molar-refractivity contribution is 5.69. The molecule has 22 heavy (non-hydrogen) atoms. The van der Waals surface area contributed by atoms with E-state index < -0.39 is 5.60 Å². The molecule has 1 aliphatic rings. The van der Waals surface area contributed by atoms with Crippen LogP contribution in [0.4, 0.5) is 16.2 Å². The van der Waals surface area contributed by atoms with Crippen LogP contribution in [-0.2, 0) is 9.47 Å². The van der Waals surface area contributed by atoms with Gasteiger partial charge in [0.25, 0.3) is 0 Å². The van der Waals surface area contributed by atoms with Gasteiger partial charge in [-0.25, -0.2) is 4.79 Å². The first kappa shape index (κ1) is 16.4. The van der Waals surface area contributed by atoms with Gasteiger partial charge in [0.2, 0.25) is 0 Å². The summed E-state index contributed by atoms with van der Waals surface area (Å²) in [6.07, 6.45) is -0.503. The van der Waals surface area contributed by atoms with Crippen molar-refractivity contribution in [2.24, 2.45) is 0 Å². The summed E-state index contributed by atoms with van der Waals surface area (Å²) in [5.41, 5.74) is 6.99. The molecule has 1 heterocycles. The number of nitrogen functional groups attached to an aromatic ring is 1. The van der Waals surface area contributed by atoms with Gasteiger partial charge < -0.3 is 25.0 Å². The lowest BCUT2D eigenvalue weighted by atomic mass is 10.2. The van der Waals surface area contributed by atoms with Crippen molar-refractivity contribution < 1.29 is 14.3 Å². The van der Waals surface area contributed by atoms with Crippen LogP contribution in [0.2, 0.25) is 0 Å². The summed E-state index contributed by atoms with van der Waals surface area (Å²) in [7, 11) is 1.65. The molecule has 1 aliphatic heterocycles. The van der Waals surface area contributed by atoms with E-state index in [1.165, 1.54) is 0 Å². The summed E-state index contributed by atoms with van der Waals surface area (Å²) in [5, 5.41) is 0. The third kappa shape index (κ3) is 4.04. The topological polar surface area (TPSA) is 68.0 Å². The van der Waals surface area contributed by atoms with Crippen LogP contribution in [0.3, 0.4) is 0 Å². The van der Waals surface area contributed by atoms with Crippen molar-refractivity contribution in [3.8, 4) is 0 Å². The summed E-state index contributed by atoms with van der Waals surface area (Å²) >= 11 is 0. The normalized spacial score (nSPS) is 19.2. The number of carbonyl (C=O) groups is 1. The van der Waals surface area contributed by atoms with Gasteiger partial charge in [-0.15, -0.1) is 0 Å². The number of ether oxygens (including phenoxy) is 2. The summed E-state index contributed by atoms with van der Waals surface area (Å²) in [5.74, 6) is 0. The van der Waals surface area contributed by atoms with Gasteiger partial charge in [-0.05, 0) is 45.0 Å². The van der Waals surface area contributed by atoms with Gasteiger partial charge in [0.1, 0.15) is 11.8 Å². The second-order valence-electron chi connectivity index (χ2n) is 6.40. The smallest absolute Gasteiger partial charge is 0.410 e. The van der Waals surface area contributed by atoms with Gasteiger partial charge in [-0.3, -0.25) is 0 Å². The number of amides is 1. The van der Waals surface area contributed by atoms with E-state index in [-0.39, 0.29) is 12.3 Å². The minimum atomic E-state index is -0.492. The highest BCUT2D eigenvalue weighted by Crippen LogP contribution is 2.23. The molecule has 1 unspecified atom stereocenters. The molecule has 6 heteroatoms. The third-order valence-electron chi connectivity index (χ3n) is 3.48. The first-order valence-electron chi connectivity index (χ1n) is 7.43. The number of nitrogens with two attached hydrogens (primary N) is 1. The van der Waals surface area contributed by atoms with E-state index in [0.717, 1.165) is 11.4 Å². The largest absolute Gasteiger partial charge is 0.444 e. The quantitative estimate of drug-likeness (QED) is 0.849. The minimum Gasteiger partial charge on any atom is -0.444 e. The van der Waals surface area contributed by atoms with Crippen molar-refractivity contribution in [3.63, 3.8) is 0 Å². The molecule has 1 amide bonds. The van der Waals surface area contributed by atoms with E-state index in [0.29, 0.717) is 19.6 Å². The van der Waals surface area contributed by atoms with Crippen molar-refractivity contribution in [1.29, 1.82) is 0 Å². The van der Waals surface area contributed by atoms with Gasteiger partial charge >= 0.3 is 6.09 Å². The third-order valence-corrected chi connectivity index (χ3v) is 3.48. The maximum Gasteiger partial charge on any atom is 0.410 e. The molecule has 1 aromatic rings. The molecule has 1 atom stereocenters. The lowest BCUT2D eigenvalue weighted by molar-refractivity contribution is -0.00174. The highest BCUT2D eigenvalue weighted by Gasteiger charge is 2.32. The van der Waals surface area contributed by atoms with Crippen molar-refractivity contribution in [3.05, 3.63) is 24.3 Å². The Morgan fingerprint density at radius 2 is 1.86 bits per heavy atom. The van der Waals surface area contributed by atoms with E-state index in [9.17, 15) is 4.79 Å². The maximum absolute atomic E-state index is 12.2. The Balaban J connectivity index is 2.05. The van der Waals surface area contributed by atoms with Crippen LogP contribution in [0.5, 0.6) is 0 Å². The molecule has 0 saturated carbocycles. The van der Waals surface area contributed by atoms with Gasteiger partial charge in [-0.2, -0.15) is 0 Å². The average molecular weight is 307 g/mol. The number of hydrogen-bond donors (Lipinski definition) is 1. The summed E-state index contributed by atoms with van der Waals surface area (Å²) in [6.45, 7) is 7.34. The molecular formula is C16H25N3O3. The Morgan fingerprint density at radius 3 is 2.41 bits per heavy atom. The Morgan fingerprint density at radius 1 is 1.23 bits per heavy atom. The minimum absolute atomic E-state index is 0.204. The molecule has 0 bridgehead atoms. The van der Waals surface area contributed by atoms with Gasteiger partial charge in [0.15, 0.2) is 0 Å². The molecule has 0 aromatic heterocycles. The number of hydrogen-bond acceptors (Lipinski definition) is 5. The van der Waals surface area contributed by atoms with E-state index in [1.54, 1.807) is 12.0 Å². The SMILES string of the molecule is COC1CN(C(=O)OC(C)(C)C)CCN1c1ccc(N)cc1. The number of anilines is 2. The molecule has 122 valence electrons. The fraction of sp³-hybridized carbons (Fsp3) is 0.562. The monoisotopic (exact) mass is 307 g/mol. The predicted molar refractivity (Wildman–Crippen MR) is 86.8 cm³/mol. The zero-order valence-corrected chi connectivity index (χ0v) is 13.7. The standard InChI is InChI=1S/C16H25N3O3/c1-16(2,3)22-15(20)18-9-10-19(14(11-18)21-4)13-7-5-12(17)6-8-13/h5-8,14H,9-11,17H2,1-4H3. The zero-order valence-electron chi connectivity index (χ0n) is 13.7. The Bertz CT molecular complexity index is 510. The Kier molecular flexibility index (Phi) is 4.81. The van der Waals surface area contributed by atoms with Crippen molar-refractivity contribution in [1.82, 2.24) is 4.90 Å². The zero-order chi connectivity index (χ0) is 16.3. The fourth-order valence-corrected chi connectivity index (χ4v) is 2.41. The van der Waals surface area contributed by atoms with Crippen molar-refractivity contribution >= 4 is 17.5 Å². The van der Waals surface area contributed by atoms with Gasteiger partial charge in [0.05, 0.1) is 6.54 Å². The van der Waals surface area contributed by atoms with E-state index in [4.69, 9.17) is 15.2 Å². The number of carbonyl (C=O) groups excluding carboxylic acids is 1. The first-order valence-corrected chi connectivity index (χ1v) is 7.43. The van der Waals surface area contributed by atoms with E-state index in [2.05, 4.69) is 4.90 Å². The fourth-order valence-electron chi connectivity index (χ4n) is 2.41. The van der Waals surface area contributed by atoms with Crippen LogP contribution in [0.1, 0.15) is 20.8 Å². The molecule has 1 fully saturated rings. The lowest BCUT2D eigenvalue weighted by Gasteiger charge is -2.41. The maximum atomic E-state index is 12.2. The average Bonchev–Trinajstić information content (AvgIpc) is 2.45. The predicted octanol–water partition coefficient (Wildman–Crippen LogP) is 2.30. The summed E-state index contributed by atoms with van der Waals surface area (Å²) in [6, 6.07) is 7.65. The molecule has 0 aliphatic carbocycles. The van der Waals surface area contributed by atoms with Gasteiger partial charge in [-0.1, -0.05) is 0 Å². The van der Waals surface area contributed by atoms with Crippen LogP contribution in [-0.4, -0.2) is 49.6 Å². The molecule has 0 spiro atoms. The Hall–Kier alpha value is -1.95. The number of nitrogens with zero attached hydrogens (tertiary/aromatic N) is 2. The van der Waals surface area contributed by atoms with Crippen LogP contribution < -0.4 is 10.6 Å². The number of benzene rings is 1. The van der Waals surface area contributed by atoms with Crippen molar-refractivity contribution in [2.75, 3.05) is 37.4 Å². The van der Waals surface area contributed by atoms with Gasteiger partial charge in [0, 0.05) is 31.6 Å². The van der Waals surface area contributed by atoms with E-state index in [1.807, 2.05) is 45.0 Å². The lowest BCUT2D eigenvalue weighted by Crippen LogP contribution is -2.56. The Labute approximate surface area is 131 Å². The summed E-state index contributed by atoms with van der Waals surface area (Å²) < 4.78 is 11.0. The van der Waals surface area contributed by atoms with Crippen LogP contribution in [0, 0.1) is 0 Å². The summed E-state index contributed by atoms with van der Waals surface area (Å²) in [4.78, 5) is 16.0. The van der Waals surface area contributed by atoms with Crippen LogP contribution in [0.25, 0.3) is 0 Å². The van der Waals surface area contributed by atoms with Crippen molar-refractivity contribution in [2.45, 2.75) is 32.6 Å². The van der Waals surface area contributed by atoms with Crippen LogP contribution in [0.15, 0.2) is 24.3 Å². The number of methoxy groups -OCH3 is 1. The molecule has 1 aromatic carbocycles. The molecule has 2 rings (SSSR count). The number of piperazine rings is 1. The molecule has 6 nitrogen and oxygen atoms in total. The second kappa shape index (κ2) is 6.44. The van der Waals surface area contributed by atoms with Crippen LogP contribution >= 0.6 is 0 Å².